The van der Waals surface area contributed by atoms with Crippen molar-refractivity contribution in [3.05, 3.63) is 42.1 Å². The highest BCUT2D eigenvalue weighted by Crippen LogP contribution is 2.22. The quantitative estimate of drug-likeness (QED) is 0.892. The number of amides is 1. The Morgan fingerprint density at radius 2 is 2.09 bits per heavy atom. The van der Waals surface area contributed by atoms with Gasteiger partial charge in [-0.1, -0.05) is 0 Å². The lowest BCUT2D eigenvalue weighted by Gasteiger charge is -2.13. The molecule has 2 aromatic rings. The number of carbonyl (C=O) groups excluding carboxylic acids is 1. The maximum atomic E-state index is 12.5. The number of furan rings is 1. The Balaban J connectivity index is 1.76. The lowest BCUT2D eigenvalue weighted by molar-refractivity contribution is 0.0940. The maximum absolute atomic E-state index is 12.5. The summed E-state index contributed by atoms with van der Waals surface area (Å²) < 4.78 is 33.2. The summed E-state index contributed by atoms with van der Waals surface area (Å²) >= 11 is 0. The second-order valence-electron chi connectivity index (χ2n) is 5.55. The van der Waals surface area contributed by atoms with Gasteiger partial charge in [0.25, 0.3) is 5.91 Å². The highest BCUT2D eigenvalue weighted by atomic mass is 32.2. The van der Waals surface area contributed by atoms with E-state index in [-0.39, 0.29) is 17.3 Å². The van der Waals surface area contributed by atoms with Crippen molar-refractivity contribution in [1.82, 2.24) is 14.2 Å². The molecule has 1 fully saturated rings. The fourth-order valence-corrected chi connectivity index (χ4v) is 4.24. The number of aromatic nitrogens is 1. The van der Waals surface area contributed by atoms with Gasteiger partial charge in [-0.2, -0.15) is 4.31 Å². The molecule has 0 atom stereocenters. The number of hydrogen-bond acceptors (Lipinski definition) is 4. The van der Waals surface area contributed by atoms with Crippen LogP contribution in [0.15, 0.2) is 40.0 Å². The van der Waals surface area contributed by atoms with Crippen molar-refractivity contribution >= 4 is 15.9 Å². The van der Waals surface area contributed by atoms with Crippen molar-refractivity contribution < 1.29 is 17.6 Å². The standard InChI is InChI=1S/C15H19N3O4S/c1-17-11-13(23(20,21)18-6-2-3-7-18)9-14(17)15(19)16-10-12-5-4-8-22-12/h4-5,8-9,11H,2-3,6-7,10H2,1H3,(H,16,19). The van der Waals surface area contributed by atoms with Crippen molar-refractivity contribution in [2.75, 3.05) is 13.1 Å². The largest absolute Gasteiger partial charge is 0.467 e. The van der Waals surface area contributed by atoms with Gasteiger partial charge in [-0.25, -0.2) is 8.42 Å². The zero-order valence-corrected chi connectivity index (χ0v) is 13.7. The first-order chi connectivity index (χ1) is 11.0. The van der Waals surface area contributed by atoms with Crippen molar-refractivity contribution in [2.45, 2.75) is 24.3 Å². The zero-order valence-electron chi connectivity index (χ0n) is 12.9. The molecule has 23 heavy (non-hydrogen) atoms. The predicted octanol–water partition coefficient (Wildman–Crippen LogP) is 1.33. The minimum atomic E-state index is -3.52. The summed E-state index contributed by atoms with van der Waals surface area (Å²) in [5.41, 5.74) is 0.300. The van der Waals surface area contributed by atoms with Crippen LogP contribution in [-0.4, -0.2) is 36.3 Å². The molecule has 3 heterocycles. The molecule has 1 N–H and O–H groups in total. The molecular weight excluding hydrogens is 318 g/mol. The van der Waals surface area contributed by atoms with Crippen molar-refractivity contribution in [3.63, 3.8) is 0 Å². The molecule has 124 valence electrons. The number of aryl methyl sites for hydroxylation is 1. The van der Waals surface area contributed by atoms with Crippen LogP contribution in [0.1, 0.15) is 29.1 Å². The molecule has 0 aliphatic carbocycles. The summed E-state index contributed by atoms with van der Waals surface area (Å²) in [6, 6.07) is 4.92. The lowest BCUT2D eigenvalue weighted by atomic mass is 10.4. The van der Waals surface area contributed by atoms with Gasteiger partial charge in [0.05, 0.1) is 12.8 Å². The highest BCUT2D eigenvalue weighted by molar-refractivity contribution is 7.89. The molecule has 0 radical (unpaired) electrons. The molecule has 1 aliphatic rings. The van der Waals surface area contributed by atoms with E-state index in [1.54, 1.807) is 19.2 Å². The molecule has 7 nitrogen and oxygen atoms in total. The van der Waals surface area contributed by atoms with Crippen LogP contribution in [0, 0.1) is 0 Å². The maximum Gasteiger partial charge on any atom is 0.268 e. The van der Waals surface area contributed by atoms with Gasteiger partial charge in [0, 0.05) is 26.3 Å². The van der Waals surface area contributed by atoms with Gasteiger partial charge in [-0.3, -0.25) is 4.79 Å². The summed E-state index contributed by atoms with van der Waals surface area (Å²) in [4.78, 5) is 12.4. The summed E-state index contributed by atoms with van der Waals surface area (Å²) in [6.45, 7) is 1.33. The van der Waals surface area contributed by atoms with Gasteiger partial charge in [0.2, 0.25) is 10.0 Å². The average Bonchev–Trinajstić information content (AvgIpc) is 3.25. The molecular formula is C15H19N3O4S. The van der Waals surface area contributed by atoms with E-state index >= 15 is 0 Å². The van der Waals surface area contributed by atoms with Crippen molar-refractivity contribution in [1.29, 1.82) is 0 Å². The second kappa shape index (κ2) is 6.21. The molecule has 1 aliphatic heterocycles. The first-order valence-corrected chi connectivity index (χ1v) is 8.89. The Morgan fingerprint density at radius 1 is 1.35 bits per heavy atom. The zero-order chi connectivity index (χ0) is 16.4. The van der Waals surface area contributed by atoms with E-state index in [0.29, 0.717) is 24.5 Å². The van der Waals surface area contributed by atoms with Crippen molar-refractivity contribution in [2.24, 2.45) is 7.05 Å². The molecule has 1 amide bonds. The SMILES string of the molecule is Cn1cc(S(=O)(=O)N2CCCC2)cc1C(=O)NCc1ccco1. The molecule has 8 heteroatoms. The number of carbonyl (C=O) groups is 1. The van der Waals surface area contributed by atoms with Crippen LogP contribution in [0.5, 0.6) is 0 Å². The molecule has 3 rings (SSSR count). The van der Waals surface area contributed by atoms with E-state index in [1.165, 1.54) is 27.4 Å². The van der Waals surface area contributed by atoms with Gasteiger partial charge < -0.3 is 14.3 Å². The highest BCUT2D eigenvalue weighted by Gasteiger charge is 2.29. The van der Waals surface area contributed by atoms with Crippen LogP contribution in [-0.2, 0) is 23.6 Å². The third-order valence-corrected chi connectivity index (χ3v) is 5.78. The number of sulfonamides is 1. The third kappa shape index (κ3) is 3.18. The van der Waals surface area contributed by atoms with Crippen LogP contribution < -0.4 is 5.32 Å². The number of nitrogens with one attached hydrogen (secondary N) is 1. The monoisotopic (exact) mass is 337 g/mol. The second-order valence-corrected chi connectivity index (χ2v) is 7.48. The molecule has 2 aromatic heterocycles. The van der Waals surface area contributed by atoms with E-state index in [9.17, 15) is 13.2 Å². The smallest absolute Gasteiger partial charge is 0.268 e. The Labute approximate surface area is 134 Å². The normalized spacial score (nSPS) is 15.9. The molecule has 0 unspecified atom stereocenters. The summed E-state index contributed by atoms with van der Waals surface area (Å²) in [5, 5.41) is 2.71. The molecule has 0 saturated carbocycles. The van der Waals surface area contributed by atoms with Gasteiger partial charge in [-0.05, 0) is 31.0 Å². The van der Waals surface area contributed by atoms with Gasteiger partial charge in [0.1, 0.15) is 16.3 Å². The van der Waals surface area contributed by atoms with Crippen LogP contribution >= 0.6 is 0 Å². The van der Waals surface area contributed by atoms with Crippen LogP contribution in [0.3, 0.4) is 0 Å². The minimum absolute atomic E-state index is 0.157. The van der Waals surface area contributed by atoms with Crippen LogP contribution in [0.25, 0.3) is 0 Å². The molecule has 0 bridgehead atoms. The summed E-state index contributed by atoms with van der Waals surface area (Å²) in [5.74, 6) is 0.296. The van der Waals surface area contributed by atoms with E-state index in [2.05, 4.69) is 5.32 Å². The van der Waals surface area contributed by atoms with E-state index in [0.717, 1.165) is 12.8 Å². The van der Waals surface area contributed by atoms with E-state index in [1.807, 2.05) is 0 Å². The minimum Gasteiger partial charge on any atom is -0.467 e. The first-order valence-electron chi connectivity index (χ1n) is 7.45. The molecule has 0 spiro atoms. The van der Waals surface area contributed by atoms with Gasteiger partial charge >= 0.3 is 0 Å². The average molecular weight is 337 g/mol. The Bertz CT molecular complexity index is 787. The van der Waals surface area contributed by atoms with E-state index in [4.69, 9.17) is 4.42 Å². The predicted molar refractivity (Wildman–Crippen MR) is 83.3 cm³/mol. The Hall–Kier alpha value is -2.06. The van der Waals surface area contributed by atoms with Gasteiger partial charge in [0.15, 0.2) is 0 Å². The fraction of sp³-hybridized carbons (Fsp3) is 0.400. The van der Waals surface area contributed by atoms with Crippen LogP contribution in [0.4, 0.5) is 0 Å². The Kier molecular flexibility index (Phi) is 4.27. The summed E-state index contributed by atoms with van der Waals surface area (Å²) in [7, 11) is -1.86. The summed E-state index contributed by atoms with van der Waals surface area (Å²) in [6.07, 6.45) is 4.77. The van der Waals surface area contributed by atoms with E-state index < -0.39 is 10.0 Å². The molecule has 0 aromatic carbocycles. The third-order valence-electron chi connectivity index (χ3n) is 3.92. The van der Waals surface area contributed by atoms with Crippen LogP contribution in [0.2, 0.25) is 0 Å². The molecule has 1 saturated heterocycles. The fourth-order valence-electron chi connectivity index (χ4n) is 2.65. The number of hydrogen-bond donors (Lipinski definition) is 1. The lowest BCUT2D eigenvalue weighted by Crippen LogP contribution is -2.27. The number of nitrogens with zero attached hydrogens (tertiary/aromatic N) is 2. The topological polar surface area (TPSA) is 84.5 Å². The first kappa shape index (κ1) is 15.8. The Morgan fingerprint density at radius 3 is 2.74 bits per heavy atom. The number of rotatable bonds is 5. The van der Waals surface area contributed by atoms with Crippen molar-refractivity contribution in [3.8, 4) is 0 Å². The van der Waals surface area contributed by atoms with Gasteiger partial charge in [-0.15, -0.1) is 0 Å².